The van der Waals surface area contributed by atoms with Gasteiger partial charge in [0.05, 0.1) is 18.9 Å². The summed E-state index contributed by atoms with van der Waals surface area (Å²) in [5.41, 5.74) is 0.981. The van der Waals surface area contributed by atoms with Crippen LogP contribution in [0.15, 0.2) is 12.1 Å². The van der Waals surface area contributed by atoms with Crippen molar-refractivity contribution in [3.8, 4) is 0 Å². The molecule has 0 spiro atoms. The summed E-state index contributed by atoms with van der Waals surface area (Å²) in [5.74, 6) is 1.82. The van der Waals surface area contributed by atoms with Crippen LogP contribution in [0, 0.1) is 12.8 Å². The van der Waals surface area contributed by atoms with E-state index in [9.17, 15) is 0 Å². The smallest absolute Gasteiger partial charge is 0.151 e. The van der Waals surface area contributed by atoms with Gasteiger partial charge in [-0.05, 0) is 44.7 Å². The van der Waals surface area contributed by atoms with Crippen molar-refractivity contribution in [2.24, 2.45) is 5.92 Å². The van der Waals surface area contributed by atoms with Crippen molar-refractivity contribution in [3.63, 3.8) is 0 Å². The Balaban J connectivity index is 1.53. The molecule has 0 radical (unpaired) electrons. The molecule has 0 N–H and O–H groups in total. The van der Waals surface area contributed by atoms with E-state index in [-0.39, 0.29) is 0 Å². The van der Waals surface area contributed by atoms with Crippen molar-refractivity contribution in [2.45, 2.75) is 32.7 Å². The summed E-state index contributed by atoms with van der Waals surface area (Å²) in [6.07, 6.45) is 2.49. The summed E-state index contributed by atoms with van der Waals surface area (Å²) in [7, 11) is 0. The molecule has 0 saturated carbocycles. The van der Waals surface area contributed by atoms with Crippen LogP contribution in [0.25, 0.3) is 0 Å². The standard InChI is InChI=1S/C16H26N4O/c1-13-3-4-16(18-17-13)20-7-5-15(6-8-20)14(2)19-9-11-21-12-10-19/h3-4,14-15H,5-12H2,1-2H3/t14-/m1/s1. The fourth-order valence-corrected chi connectivity index (χ4v) is 3.45. The number of anilines is 1. The Labute approximate surface area is 127 Å². The van der Waals surface area contributed by atoms with Crippen LogP contribution >= 0.6 is 0 Å². The van der Waals surface area contributed by atoms with Crippen LogP contribution in [0.2, 0.25) is 0 Å². The molecule has 1 atom stereocenters. The van der Waals surface area contributed by atoms with Crippen molar-refractivity contribution in [1.82, 2.24) is 15.1 Å². The molecule has 116 valence electrons. The number of aryl methyl sites for hydroxylation is 1. The van der Waals surface area contributed by atoms with Gasteiger partial charge in [-0.1, -0.05) is 0 Å². The summed E-state index contributed by atoms with van der Waals surface area (Å²) < 4.78 is 5.46. The van der Waals surface area contributed by atoms with Gasteiger partial charge in [0.2, 0.25) is 0 Å². The first-order valence-corrected chi connectivity index (χ1v) is 8.11. The first-order valence-electron chi connectivity index (χ1n) is 8.11. The molecule has 0 unspecified atom stereocenters. The van der Waals surface area contributed by atoms with Crippen LogP contribution < -0.4 is 4.90 Å². The molecule has 3 rings (SSSR count). The lowest BCUT2D eigenvalue weighted by Crippen LogP contribution is -2.48. The van der Waals surface area contributed by atoms with E-state index in [2.05, 4.69) is 33.0 Å². The molecular formula is C16H26N4O. The second-order valence-corrected chi connectivity index (χ2v) is 6.25. The Morgan fingerprint density at radius 2 is 1.81 bits per heavy atom. The number of morpholine rings is 1. The topological polar surface area (TPSA) is 41.5 Å². The first-order chi connectivity index (χ1) is 10.2. The zero-order valence-corrected chi connectivity index (χ0v) is 13.2. The lowest BCUT2D eigenvalue weighted by atomic mass is 9.89. The fraction of sp³-hybridized carbons (Fsp3) is 0.750. The lowest BCUT2D eigenvalue weighted by molar-refractivity contribution is 0.00447. The van der Waals surface area contributed by atoms with E-state index in [4.69, 9.17) is 4.74 Å². The predicted molar refractivity (Wildman–Crippen MR) is 83.6 cm³/mol. The Morgan fingerprint density at radius 1 is 1.10 bits per heavy atom. The number of hydrogen-bond donors (Lipinski definition) is 0. The van der Waals surface area contributed by atoms with Crippen molar-refractivity contribution in [2.75, 3.05) is 44.3 Å². The molecule has 5 heteroatoms. The van der Waals surface area contributed by atoms with Gasteiger partial charge >= 0.3 is 0 Å². The van der Waals surface area contributed by atoms with Crippen LogP contribution in [0.3, 0.4) is 0 Å². The highest BCUT2D eigenvalue weighted by Gasteiger charge is 2.28. The minimum Gasteiger partial charge on any atom is -0.379 e. The zero-order valence-electron chi connectivity index (χ0n) is 13.2. The molecule has 1 aromatic rings. The molecule has 0 aliphatic carbocycles. The Hall–Kier alpha value is -1.20. The van der Waals surface area contributed by atoms with Crippen molar-refractivity contribution in [3.05, 3.63) is 17.8 Å². The summed E-state index contributed by atoms with van der Waals surface area (Å²) in [6, 6.07) is 4.80. The molecule has 0 bridgehead atoms. The van der Waals surface area contributed by atoms with Crippen LogP contribution in [-0.4, -0.2) is 60.5 Å². The van der Waals surface area contributed by atoms with Gasteiger partial charge in [-0.15, -0.1) is 5.10 Å². The highest BCUT2D eigenvalue weighted by molar-refractivity contribution is 5.37. The van der Waals surface area contributed by atoms with Gasteiger partial charge in [-0.25, -0.2) is 0 Å². The molecular weight excluding hydrogens is 264 g/mol. The largest absolute Gasteiger partial charge is 0.379 e. The number of rotatable bonds is 3. The second kappa shape index (κ2) is 6.71. The summed E-state index contributed by atoms with van der Waals surface area (Å²) in [5, 5.41) is 8.48. The van der Waals surface area contributed by atoms with Crippen LogP contribution in [0.1, 0.15) is 25.5 Å². The van der Waals surface area contributed by atoms with E-state index in [1.807, 2.05) is 13.0 Å². The maximum Gasteiger partial charge on any atom is 0.151 e. The highest BCUT2D eigenvalue weighted by atomic mass is 16.5. The van der Waals surface area contributed by atoms with Gasteiger partial charge in [0.25, 0.3) is 0 Å². The number of piperidine rings is 1. The minimum atomic E-state index is 0.667. The summed E-state index contributed by atoms with van der Waals surface area (Å²) in [6.45, 7) is 10.5. The second-order valence-electron chi connectivity index (χ2n) is 6.25. The predicted octanol–water partition coefficient (Wildman–Crippen LogP) is 1.72. The number of hydrogen-bond acceptors (Lipinski definition) is 5. The quantitative estimate of drug-likeness (QED) is 0.848. The summed E-state index contributed by atoms with van der Waals surface area (Å²) in [4.78, 5) is 4.96. The Kier molecular flexibility index (Phi) is 4.70. The third-order valence-corrected chi connectivity index (χ3v) is 4.95. The Morgan fingerprint density at radius 3 is 2.43 bits per heavy atom. The SMILES string of the molecule is Cc1ccc(N2CCC([C@@H](C)N3CCOCC3)CC2)nn1. The average molecular weight is 290 g/mol. The normalized spacial score (nSPS) is 23.2. The molecule has 2 aliphatic rings. The maximum atomic E-state index is 5.46. The number of aromatic nitrogens is 2. The fourth-order valence-electron chi connectivity index (χ4n) is 3.45. The first kappa shape index (κ1) is 14.7. The molecule has 5 nitrogen and oxygen atoms in total. The molecule has 2 aliphatic heterocycles. The van der Waals surface area contributed by atoms with Gasteiger partial charge in [0.15, 0.2) is 5.82 Å². The summed E-state index contributed by atoms with van der Waals surface area (Å²) >= 11 is 0. The number of nitrogens with zero attached hydrogens (tertiary/aromatic N) is 4. The van der Waals surface area contributed by atoms with E-state index < -0.39 is 0 Å². The minimum absolute atomic E-state index is 0.667. The van der Waals surface area contributed by atoms with Crippen molar-refractivity contribution in [1.29, 1.82) is 0 Å². The van der Waals surface area contributed by atoms with Gasteiger partial charge in [0, 0.05) is 32.2 Å². The molecule has 0 aromatic carbocycles. The number of ether oxygens (including phenoxy) is 1. The average Bonchev–Trinajstić information content (AvgIpc) is 2.56. The third kappa shape index (κ3) is 3.52. The molecule has 2 saturated heterocycles. The highest BCUT2D eigenvalue weighted by Crippen LogP contribution is 2.26. The van der Waals surface area contributed by atoms with Gasteiger partial charge in [0.1, 0.15) is 0 Å². The lowest BCUT2D eigenvalue weighted by Gasteiger charge is -2.41. The van der Waals surface area contributed by atoms with Crippen LogP contribution in [0.4, 0.5) is 5.82 Å². The van der Waals surface area contributed by atoms with E-state index in [1.54, 1.807) is 0 Å². The van der Waals surface area contributed by atoms with Crippen molar-refractivity contribution < 1.29 is 4.74 Å². The molecule has 1 aromatic heterocycles. The van der Waals surface area contributed by atoms with E-state index in [1.165, 1.54) is 12.8 Å². The van der Waals surface area contributed by atoms with Gasteiger partial charge < -0.3 is 9.64 Å². The maximum absolute atomic E-state index is 5.46. The molecule has 2 fully saturated rings. The van der Waals surface area contributed by atoms with Crippen molar-refractivity contribution >= 4 is 5.82 Å². The Bertz CT molecular complexity index is 436. The van der Waals surface area contributed by atoms with Gasteiger partial charge in [-0.3, -0.25) is 4.90 Å². The van der Waals surface area contributed by atoms with E-state index in [0.717, 1.165) is 56.8 Å². The zero-order chi connectivity index (χ0) is 14.7. The van der Waals surface area contributed by atoms with Crippen LogP contribution in [-0.2, 0) is 4.74 Å². The van der Waals surface area contributed by atoms with E-state index >= 15 is 0 Å². The molecule has 21 heavy (non-hydrogen) atoms. The van der Waals surface area contributed by atoms with E-state index in [0.29, 0.717) is 6.04 Å². The molecule has 3 heterocycles. The molecule has 0 amide bonds. The third-order valence-electron chi connectivity index (χ3n) is 4.95. The van der Waals surface area contributed by atoms with Crippen LogP contribution in [0.5, 0.6) is 0 Å². The van der Waals surface area contributed by atoms with Gasteiger partial charge in [-0.2, -0.15) is 5.10 Å². The monoisotopic (exact) mass is 290 g/mol.